The zero-order valence-corrected chi connectivity index (χ0v) is 9.50. The first-order chi connectivity index (χ1) is 7.50. The van der Waals surface area contributed by atoms with E-state index in [0.717, 1.165) is 0 Å². The van der Waals surface area contributed by atoms with E-state index >= 15 is 0 Å². The van der Waals surface area contributed by atoms with Crippen molar-refractivity contribution < 1.29 is 25.5 Å². The molecule has 0 unspecified atom stereocenters. The molecule has 0 aromatic rings. The van der Waals surface area contributed by atoms with Crippen molar-refractivity contribution in [3.63, 3.8) is 0 Å². The second kappa shape index (κ2) is 4.95. The van der Waals surface area contributed by atoms with E-state index in [1.165, 1.54) is 0 Å². The highest BCUT2D eigenvalue weighted by Crippen LogP contribution is 2.39. The molecule has 16 heavy (non-hydrogen) atoms. The molecule has 0 spiro atoms. The standard InChI is InChI=1S/C10H21NO5/c1-11-2-9(4-12,5-13)8(16)10(3-11,6-14)7-15/h8,12-16H,2-7H2,1H3. The van der Waals surface area contributed by atoms with Gasteiger partial charge in [-0.1, -0.05) is 0 Å². The fourth-order valence-corrected chi connectivity index (χ4v) is 2.60. The van der Waals surface area contributed by atoms with Crippen molar-refractivity contribution in [2.24, 2.45) is 10.8 Å². The smallest absolute Gasteiger partial charge is 0.0765 e. The third-order valence-corrected chi connectivity index (χ3v) is 3.59. The average molecular weight is 235 g/mol. The molecule has 0 aromatic carbocycles. The minimum Gasteiger partial charge on any atom is -0.396 e. The van der Waals surface area contributed by atoms with E-state index in [-0.39, 0.29) is 0 Å². The summed E-state index contributed by atoms with van der Waals surface area (Å²) in [6.45, 7) is -0.924. The Hall–Kier alpha value is -0.240. The van der Waals surface area contributed by atoms with Gasteiger partial charge in [-0.25, -0.2) is 0 Å². The van der Waals surface area contributed by atoms with E-state index in [9.17, 15) is 25.5 Å². The zero-order chi connectivity index (χ0) is 12.4. The third-order valence-electron chi connectivity index (χ3n) is 3.59. The molecular formula is C10H21NO5. The summed E-state index contributed by atoms with van der Waals surface area (Å²) in [4.78, 5) is 1.78. The lowest BCUT2D eigenvalue weighted by Crippen LogP contribution is -2.66. The maximum absolute atomic E-state index is 10.2. The van der Waals surface area contributed by atoms with Crippen molar-refractivity contribution in [2.45, 2.75) is 6.10 Å². The van der Waals surface area contributed by atoms with Gasteiger partial charge in [0.05, 0.1) is 43.4 Å². The Morgan fingerprint density at radius 1 is 0.938 bits per heavy atom. The molecule has 6 nitrogen and oxygen atoms in total. The summed E-state index contributed by atoms with van der Waals surface area (Å²) in [6, 6.07) is 0. The van der Waals surface area contributed by atoms with Gasteiger partial charge in [-0.05, 0) is 7.05 Å². The van der Waals surface area contributed by atoms with Crippen molar-refractivity contribution >= 4 is 0 Å². The highest BCUT2D eigenvalue weighted by atomic mass is 16.3. The minimum absolute atomic E-state index is 0.322. The Morgan fingerprint density at radius 2 is 1.25 bits per heavy atom. The molecule has 1 rings (SSSR count). The number of hydrogen-bond acceptors (Lipinski definition) is 6. The number of piperidine rings is 1. The van der Waals surface area contributed by atoms with Crippen LogP contribution in [0.15, 0.2) is 0 Å². The van der Waals surface area contributed by atoms with Crippen LogP contribution in [0.4, 0.5) is 0 Å². The summed E-state index contributed by atoms with van der Waals surface area (Å²) in [5.74, 6) is 0. The fourth-order valence-electron chi connectivity index (χ4n) is 2.60. The van der Waals surface area contributed by atoms with E-state index in [2.05, 4.69) is 0 Å². The van der Waals surface area contributed by atoms with Gasteiger partial charge in [0.25, 0.3) is 0 Å². The molecule has 5 N–H and O–H groups in total. The average Bonchev–Trinajstić information content (AvgIpc) is 2.32. The van der Waals surface area contributed by atoms with Gasteiger partial charge < -0.3 is 30.4 Å². The van der Waals surface area contributed by atoms with Crippen LogP contribution in [-0.2, 0) is 0 Å². The molecule has 1 aliphatic heterocycles. The second-order valence-corrected chi connectivity index (χ2v) is 4.93. The first-order valence-electron chi connectivity index (χ1n) is 5.30. The van der Waals surface area contributed by atoms with Crippen LogP contribution < -0.4 is 0 Å². The fraction of sp³-hybridized carbons (Fsp3) is 1.00. The van der Waals surface area contributed by atoms with Crippen molar-refractivity contribution in [1.29, 1.82) is 0 Å². The van der Waals surface area contributed by atoms with Crippen LogP contribution in [0.2, 0.25) is 0 Å². The van der Waals surface area contributed by atoms with Crippen LogP contribution in [0.3, 0.4) is 0 Å². The monoisotopic (exact) mass is 235 g/mol. The number of nitrogens with zero attached hydrogens (tertiary/aromatic N) is 1. The van der Waals surface area contributed by atoms with Crippen molar-refractivity contribution in [3.8, 4) is 0 Å². The number of likely N-dealkylation sites (tertiary alicyclic amines) is 1. The molecule has 0 amide bonds. The van der Waals surface area contributed by atoms with Crippen molar-refractivity contribution in [3.05, 3.63) is 0 Å². The van der Waals surface area contributed by atoms with Crippen LogP contribution in [0.5, 0.6) is 0 Å². The van der Waals surface area contributed by atoms with Crippen LogP contribution in [0, 0.1) is 10.8 Å². The van der Waals surface area contributed by atoms with E-state index in [1.54, 1.807) is 11.9 Å². The van der Waals surface area contributed by atoms with Crippen molar-refractivity contribution in [2.75, 3.05) is 46.6 Å². The van der Waals surface area contributed by atoms with E-state index in [0.29, 0.717) is 13.1 Å². The van der Waals surface area contributed by atoms with Gasteiger partial charge in [0.1, 0.15) is 0 Å². The molecule has 0 aliphatic carbocycles. The summed E-state index contributed by atoms with van der Waals surface area (Å²) in [7, 11) is 1.76. The van der Waals surface area contributed by atoms with Crippen LogP contribution in [-0.4, -0.2) is 83.1 Å². The Balaban J connectivity index is 3.06. The number of hydrogen-bond donors (Lipinski definition) is 5. The normalized spacial score (nSPS) is 25.9. The van der Waals surface area contributed by atoms with E-state index < -0.39 is 43.4 Å². The summed E-state index contributed by atoms with van der Waals surface area (Å²) >= 11 is 0. The van der Waals surface area contributed by atoms with Crippen LogP contribution in [0.1, 0.15) is 0 Å². The molecule has 1 heterocycles. The highest BCUT2D eigenvalue weighted by Gasteiger charge is 2.54. The SMILES string of the molecule is CN1CC(CO)(CO)C(O)C(CO)(CO)C1. The topological polar surface area (TPSA) is 104 Å². The predicted octanol–water partition coefficient (Wildman–Crippen LogP) is -2.77. The summed E-state index contributed by atoms with van der Waals surface area (Å²) in [5, 5.41) is 47.6. The first-order valence-corrected chi connectivity index (χ1v) is 5.30. The summed E-state index contributed by atoms with van der Waals surface area (Å²) in [5.41, 5.74) is -2.20. The minimum atomic E-state index is -1.14. The molecule has 0 bridgehead atoms. The summed E-state index contributed by atoms with van der Waals surface area (Å²) < 4.78 is 0. The Labute approximate surface area is 94.7 Å². The molecule has 1 fully saturated rings. The number of aliphatic hydroxyl groups excluding tert-OH is 5. The second-order valence-electron chi connectivity index (χ2n) is 4.93. The van der Waals surface area contributed by atoms with Gasteiger partial charge in [0.15, 0.2) is 0 Å². The van der Waals surface area contributed by atoms with Gasteiger partial charge in [-0.3, -0.25) is 0 Å². The Kier molecular flexibility index (Phi) is 4.28. The zero-order valence-electron chi connectivity index (χ0n) is 9.50. The van der Waals surface area contributed by atoms with Crippen LogP contribution in [0.25, 0.3) is 0 Å². The lowest BCUT2D eigenvalue weighted by Gasteiger charge is -2.52. The molecule has 1 aliphatic rings. The summed E-state index contributed by atoms with van der Waals surface area (Å²) in [6.07, 6.45) is -1.14. The van der Waals surface area contributed by atoms with E-state index in [1.807, 2.05) is 0 Å². The highest BCUT2D eigenvalue weighted by molar-refractivity contribution is 5.04. The predicted molar refractivity (Wildman–Crippen MR) is 56.7 cm³/mol. The maximum Gasteiger partial charge on any atom is 0.0765 e. The molecule has 0 radical (unpaired) electrons. The first kappa shape index (κ1) is 13.8. The van der Waals surface area contributed by atoms with E-state index in [4.69, 9.17) is 0 Å². The van der Waals surface area contributed by atoms with Gasteiger partial charge >= 0.3 is 0 Å². The van der Waals surface area contributed by atoms with Gasteiger partial charge in [-0.2, -0.15) is 0 Å². The Bertz CT molecular complexity index is 205. The molecule has 1 saturated heterocycles. The third kappa shape index (κ3) is 1.97. The quantitative estimate of drug-likeness (QED) is 0.361. The maximum atomic E-state index is 10.2. The van der Waals surface area contributed by atoms with Crippen LogP contribution >= 0.6 is 0 Å². The number of rotatable bonds is 4. The van der Waals surface area contributed by atoms with Gasteiger partial charge in [0, 0.05) is 13.1 Å². The molecular weight excluding hydrogens is 214 g/mol. The Morgan fingerprint density at radius 3 is 1.50 bits per heavy atom. The number of aliphatic hydroxyl groups is 5. The van der Waals surface area contributed by atoms with Crippen molar-refractivity contribution in [1.82, 2.24) is 4.90 Å². The molecule has 0 saturated carbocycles. The van der Waals surface area contributed by atoms with Gasteiger partial charge in [-0.15, -0.1) is 0 Å². The lowest BCUT2D eigenvalue weighted by atomic mass is 9.65. The molecule has 6 heteroatoms. The molecule has 0 aromatic heterocycles. The van der Waals surface area contributed by atoms with Gasteiger partial charge in [0.2, 0.25) is 0 Å². The lowest BCUT2D eigenvalue weighted by molar-refractivity contribution is -0.189. The largest absolute Gasteiger partial charge is 0.396 e. The molecule has 0 atom stereocenters. The molecule has 96 valence electrons.